The number of carbonyl (C=O) groups excluding carboxylic acids is 1. The van der Waals surface area contributed by atoms with Crippen molar-refractivity contribution in [2.24, 2.45) is 0 Å². The number of rotatable bonds is 10. The zero-order valence-electron chi connectivity index (χ0n) is 16.6. The van der Waals surface area contributed by atoms with E-state index in [2.05, 4.69) is 0 Å². The highest BCUT2D eigenvalue weighted by atomic mass is 16.5. The van der Waals surface area contributed by atoms with Crippen molar-refractivity contribution in [3.05, 3.63) is 77.5 Å². The van der Waals surface area contributed by atoms with Gasteiger partial charge in [-0.2, -0.15) is 0 Å². The van der Waals surface area contributed by atoms with E-state index < -0.39 is 30.2 Å². The van der Waals surface area contributed by atoms with Crippen molar-refractivity contribution >= 4 is 11.9 Å². The first-order valence-electron chi connectivity index (χ1n) is 9.53. The third kappa shape index (κ3) is 6.80. The third-order valence-corrected chi connectivity index (χ3v) is 4.33. The van der Waals surface area contributed by atoms with E-state index in [1.807, 2.05) is 12.1 Å². The van der Waals surface area contributed by atoms with E-state index in [0.29, 0.717) is 5.56 Å². The molecule has 0 fully saturated rings. The molecule has 0 saturated heterocycles. The number of ketones is 1. The number of benzene rings is 2. The van der Waals surface area contributed by atoms with Gasteiger partial charge in [0.25, 0.3) is 0 Å². The summed E-state index contributed by atoms with van der Waals surface area (Å²) in [5, 5.41) is 41.1. The number of carbonyl (C=O) groups is 1. The van der Waals surface area contributed by atoms with Crippen molar-refractivity contribution in [1.82, 2.24) is 0 Å². The third-order valence-electron chi connectivity index (χ3n) is 4.33. The lowest BCUT2D eigenvalue weighted by Crippen LogP contribution is -2.48. The molecule has 4 atom stereocenters. The van der Waals surface area contributed by atoms with Crippen LogP contribution in [0.15, 0.2) is 66.4 Å². The number of hydrogen-bond donors (Lipinski definition) is 4. The molecule has 6 nitrogen and oxygen atoms in total. The van der Waals surface area contributed by atoms with E-state index in [0.717, 1.165) is 5.56 Å². The maximum atomic E-state index is 12.7. The molecule has 0 saturated carbocycles. The lowest BCUT2D eigenvalue weighted by Gasteiger charge is -2.26. The molecule has 156 valence electrons. The van der Waals surface area contributed by atoms with Gasteiger partial charge < -0.3 is 25.2 Å². The second-order valence-corrected chi connectivity index (χ2v) is 7.13. The first-order chi connectivity index (χ1) is 13.8. The Bertz CT molecular complexity index is 788. The molecule has 0 amide bonds. The van der Waals surface area contributed by atoms with Crippen LogP contribution in [0.2, 0.25) is 0 Å². The monoisotopic (exact) mass is 400 g/mol. The molecular weight excluding hydrogens is 372 g/mol. The minimum Gasteiger partial charge on any atom is -0.487 e. The Morgan fingerprint density at radius 1 is 0.897 bits per heavy atom. The van der Waals surface area contributed by atoms with E-state index in [9.17, 15) is 25.2 Å². The Kier molecular flexibility index (Phi) is 8.54. The highest BCUT2D eigenvalue weighted by molar-refractivity contribution is 6.01. The van der Waals surface area contributed by atoms with Gasteiger partial charge in [-0.25, -0.2) is 0 Å². The fourth-order valence-corrected chi connectivity index (χ4v) is 2.81. The molecule has 2 rings (SSSR count). The van der Waals surface area contributed by atoms with E-state index >= 15 is 0 Å². The number of aliphatic hydroxyl groups excluding tert-OH is 4. The fraction of sp³-hybridized carbons (Fsp3) is 0.348. The average Bonchev–Trinajstić information content (AvgIpc) is 2.72. The second kappa shape index (κ2) is 10.9. The van der Waals surface area contributed by atoms with Crippen LogP contribution in [0.4, 0.5) is 0 Å². The summed E-state index contributed by atoms with van der Waals surface area (Å²) in [5.74, 6) is -1.01. The normalized spacial score (nSPS) is 16.2. The van der Waals surface area contributed by atoms with Gasteiger partial charge in [-0.3, -0.25) is 4.79 Å². The summed E-state index contributed by atoms with van der Waals surface area (Å²) in [6.45, 7) is 3.46. The van der Waals surface area contributed by atoms with Crippen molar-refractivity contribution in [2.45, 2.75) is 50.8 Å². The largest absolute Gasteiger partial charge is 0.487 e. The Morgan fingerprint density at radius 2 is 1.45 bits per heavy atom. The van der Waals surface area contributed by atoms with Crippen molar-refractivity contribution in [1.29, 1.82) is 0 Å². The molecule has 2 aromatic rings. The van der Waals surface area contributed by atoms with Gasteiger partial charge in [0, 0.05) is 6.42 Å². The molecule has 0 aliphatic carbocycles. The molecule has 0 aliphatic heterocycles. The molecule has 0 radical (unpaired) electrons. The average molecular weight is 400 g/mol. The molecule has 1 unspecified atom stereocenters. The van der Waals surface area contributed by atoms with Crippen LogP contribution in [0.3, 0.4) is 0 Å². The van der Waals surface area contributed by atoms with Crippen LogP contribution in [0.5, 0.6) is 0 Å². The van der Waals surface area contributed by atoms with Crippen molar-refractivity contribution in [3.8, 4) is 0 Å². The Hall–Kier alpha value is -2.51. The van der Waals surface area contributed by atoms with E-state index in [4.69, 9.17) is 4.74 Å². The van der Waals surface area contributed by atoms with Crippen LogP contribution in [0.25, 0.3) is 6.08 Å². The number of Topliss-reactive ketones (excluding diaryl/α,β-unsaturated/α-hetero) is 1. The molecular formula is C23H28O6. The van der Waals surface area contributed by atoms with Crippen molar-refractivity contribution in [3.63, 3.8) is 0 Å². The first kappa shape index (κ1) is 22.8. The SMILES string of the molecule is CC(C)OC(=Cc1ccccc1)C(=O)[C@@H](O)[C@H](O)[C@H](O)C(O)Cc1ccccc1. The van der Waals surface area contributed by atoms with E-state index in [1.54, 1.807) is 62.4 Å². The summed E-state index contributed by atoms with van der Waals surface area (Å²) in [4.78, 5) is 12.7. The molecule has 0 aliphatic rings. The molecule has 6 heteroatoms. The second-order valence-electron chi connectivity index (χ2n) is 7.13. The minimum absolute atomic E-state index is 0.0647. The van der Waals surface area contributed by atoms with Gasteiger partial charge in [-0.15, -0.1) is 0 Å². The highest BCUT2D eigenvalue weighted by Gasteiger charge is 2.36. The summed E-state index contributed by atoms with van der Waals surface area (Å²) >= 11 is 0. The van der Waals surface area contributed by atoms with Gasteiger partial charge in [0.2, 0.25) is 5.78 Å². The smallest absolute Gasteiger partial charge is 0.228 e. The molecule has 0 bridgehead atoms. The van der Waals surface area contributed by atoms with Gasteiger partial charge in [0.05, 0.1) is 12.2 Å². The van der Waals surface area contributed by atoms with Gasteiger partial charge in [0.1, 0.15) is 18.3 Å². The number of aliphatic hydroxyl groups is 4. The van der Waals surface area contributed by atoms with Gasteiger partial charge in [-0.1, -0.05) is 60.7 Å². The summed E-state index contributed by atoms with van der Waals surface area (Å²) in [5.41, 5.74) is 1.43. The molecule has 0 spiro atoms. The topological polar surface area (TPSA) is 107 Å². The summed E-state index contributed by atoms with van der Waals surface area (Å²) < 4.78 is 5.52. The van der Waals surface area contributed by atoms with Gasteiger partial charge in [-0.05, 0) is 31.1 Å². The van der Waals surface area contributed by atoms with Gasteiger partial charge >= 0.3 is 0 Å². The maximum Gasteiger partial charge on any atom is 0.228 e. The predicted molar refractivity (Wildman–Crippen MR) is 110 cm³/mol. The molecule has 0 heterocycles. The van der Waals surface area contributed by atoms with Crippen LogP contribution in [-0.2, 0) is 16.0 Å². The lowest BCUT2D eigenvalue weighted by molar-refractivity contribution is -0.144. The maximum absolute atomic E-state index is 12.7. The lowest BCUT2D eigenvalue weighted by atomic mass is 9.95. The Labute approximate surface area is 170 Å². The number of hydrogen-bond acceptors (Lipinski definition) is 6. The summed E-state index contributed by atoms with van der Waals surface area (Å²) in [6, 6.07) is 17.8. The Balaban J connectivity index is 2.12. The summed E-state index contributed by atoms with van der Waals surface area (Å²) in [6.07, 6.45) is -5.72. The first-order valence-corrected chi connectivity index (χ1v) is 9.53. The Morgan fingerprint density at radius 3 is 2.00 bits per heavy atom. The fourth-order valence-electron chi connectivity index (χ4n) is 2.81. The van der Waals surface area contributed by atoms with Gasteiger partial charge in [0.15, 0.2) is 5.76 Å². The zero-order valence-corrected chi connectivity index (χ0v) is 16.6. The van der Waals surface area contributed by atoms with Crippen molar-refractivity contribution < 1.29 is 30.0 Å². The molecule has 4 N–H and O–H groups in total. The van der Waals surface area contributed by atoms with E-state index in [-0.39, 0.29) is 18.3 Å². The number of ether oxygens (including phenoxy) is 1. The van der Waals surface area contributed by atoms with Crippen LogP contribution >= 0.6 is 0 Å². The quantitative estimate of drug-likeness (QED) is 0.357. The van der Waals surface area contributed by atoms with E-state index in [1.165, 1.54) is 6.08 Å². The molecule has 2 aromatic carbocycles. The molecule has 0 aromatic heterocycles. The van der Waals surface area contributed by atoms with Crippen LogP contribution < -0.4 is 0 Å². The van der Waals surface area contributed by atoms with Crippen LogP contribution in [0.1, 0.15) is 25.0 Å². The molecule has 29 heavy (non-hydrogen) atoms. The standard InChI is InChI=1S/C23H28O6/c1-15(2)29-19(14-17-11-7-4-8-12-17)21(26)23(28)22(27)20(25)18(24)13-16-9-5-3-6-10-16/h3-12,14-15,18,20,22-25,27-28H,13H2,1-2H3/t18?,20-,22-,23-/m1/s1. The minimum atomic E-state index is -1.95. The van der Waals surface area contributed by atoms with Crippen LogP contribution in [-0.4, -0.2) is 56.7 Å². The van der Waals surface area contributed by atoms with Crippen molar-refractivity contribution in [2.75, 3.05) is 0 Å². The zero-order chi connectivity index (χ0) is 21.4. The van der Waals surface area contributed by atoms with Crippen LogP contribution in [0, 0.1) is 0 Å². The predicted octanol–water partition coefficient (Wildman–Crippen LogP) is 1.71. The highest BCUT2D eigenvalue weighted by Crippen LogP contribution is 2.17. The summed E-state index contributed by atoms with van der Waals surface area (Å²) in [7, 11) is 0.